The Morgan fingerprint density at radius 1 is 1.69 bits per heavy atom. The number of carbonyl (C=O) groups excluding carboxylic acids is 1. The molecule has 0 amide bonds. The third-order valence-corrected chi connectivity index (χ3v) is 3.15. The average Bonchev–Trinajstić information content (AvgIpc) is 2.64. The molecule has 0 aromatic carbocycles. The van der Waals surface area contributed by atoms with Gasteiger partial charge in [-0.25, -0.2) is 0 Å². The fourth-order valence-electron chi connectivity index (χ4n) is 1.02. The van der Waals surface area contributed by atoms with Crippen LogP contribution in [-0.2, 0) is 16.6 Å². The van der Waals surface area contributed by atoms with Gasteiger partial charge in [0.15, 0.2) is 5.16 Å². The molecule has 90 valence electrons. The van der Waals surface area contributed by atoms with Crippen LogP contribution in [0, 0.1) is 0 Å². The van der Waals surface area contributed by atoms with E-state index in [4.69, 9.17) is 4.74 Å². The van der Waals surface area contributed by atoms with Crippen LogP contribution >= 0.6 is 11.8 Å². The van der Waals surface area contributed by atoms with E-state index in [0.717, 1.165) is 18.0 Å². The fraction of sp³-hybridized carbons (Fsp3) is 0.700. The smallest absolute Gasteiger partial charge is 0.319 e. The van der Waals surface area contributed by atoms with Gasteiger partial charge in [0, 0.05) is 7.05 Å². The van der Waals surface area contributed by atoms with Crippen LogP contribution in [0.15, 0.2) is 11.5 Å². The number of esters is 1. The predicted molar refractivity (Wildman–Crippen MR) is 62.2 cm³/mol. The Morgan fingerprint density at radius 2 is 2.44 bits per heavy atom. The fourth-order valence-corrected chi connectivity index (χ4v) is 1.81. The summed E-state index contributed by atoms with van der Waals surface area (Å²) in [5.41, 5.74) is 0. The molecule has 0 saturated carbocycles. The lowest BCUT2D eigenvalue weighted by atomic mass is 10.4. The molecular formula is C10H17N3O2S. The number of thioether (sulfide) groups is 1. The Labute approximate surface area is 99.6 Å². The van der Waals surface area contributed by atoms with Crippen molar-refractivity contribution in [2.45, 2.75) is 37.1 Å². The van der Waals surface area contributed by atoms with Crippen LogP contribution in [-0.4, -0.2) is 32.6 Å². The maximum atomic E-state index is 11.6. The summed E-state index contributed by atoms with van der Waals surface area (Å²) in [6.45, 7) is 4.37. The first-order valence-electron chi connectivity index (χ1n) is 5.32. The van der Waals surface area contributed by atoms with E-state index in [-0.39, 0.29) is 11.2 Å². The molecule has 0 aliphatic heterocycles. The summed E-state index contributed by atoms with van der Waals surface area (Å²) in [4.78, 5) is 11.6. The average molecular weight is 243 g/mol. The van der Waals surface area contributed by atoms with E-state index in [1.54, 1.807) is 10.9 Å². The predicted octanol–water partition coefficient (Wildman–Crippen LogP) is 1.64. The molecule has 0 aliphatic carbocycles. The number of unbranched alkanes of at least 4 members (excludes halogenated alkanes) is 1. The van der Waals surface area contributed by atoms with E-state index >= 15 is 0 Å². The molecule has 0 fully saturated rings. The Balaban J connectivity index is 2.37. The molecule has 5 nitrogen and oxygen atoms in total. The van der Waals surface area contributed by atoms with Gasteiger partial charge in [0.05, 0.1) is 6.61 Å². The van der Waals surface area contributed by atoms with Crippen LogP contribution in [0.3, 0.4) is 0 Å². The minimum Gasteiger partial charge on any atom is -0.465 e. The Kier molecular flexibility index (Phi) is 5.31. The summed E-state index contributed by atoms with van der Waals surface area (Å²) in [5.74, 6) is -0.193. The lowest BCUT2D eigenvalue weighted by Crippen LogP contribution is -2.18. The van der Waals surface area contributed by atoms with Crippen LogP contribution in [0.2, 0.25) is 0 Å². The van der Waals surface area contributed by atoms with Crippen molar-refractivity contribution in [3.8, 4) is 0 Å². The highest BCUT2D eigenvalue weighted by Gasteiger charge is 2.18. The third kappa shape index (κ3) is 3.84. The van der Waals surface area contributed by atoms with Crippen molar-refractivity contribution >= 4 is 17.7 Å². The van der Waals surface area contributed by atoms with Crippen molar-refractivity contribution in [1.82, 2.24) is 14.8 Å². The Bertz CT molecular complexity index is 341. The summed E-state index contributed by atoms with van der Waals surface area (Å²) in [7, 11) is 1.84. The zero-order valence-electron chi connectivity index (χ0n) is 9.84. The molecule has 1 atom stereocenters. The van der Waals surface area contributed by atoms with Crippen molar-refractivity contribution in [3.63, 3.8) is 0 Å². The quantitative estimate of drug-likeness (QED) is 0.432. The summed E-state index contributed by atoms with van der Waals surface area (Å²) >= 11 is 1.36. The zero-order chi connectivity index (χ0) is 12.0. The number of hydrogen-bond acceptors (Lipinski definition) is 5. The van der Waals surface area contributed by atoms with E-state index in [0.29, 0.717) is 6.61 Å². The second-order valence-corrected chi connectivity index (χ2v) is 4.81. The number of rotatable bonds is 6. The number of hydrogen-bond donors (Lipinski definition) is 0. The molecule has 1 rings (SSSR count). The van der Waals surface area contributed by atoms with Gasteiger partial charge in [0.2, 0.25) is 0 Å². The third-order valence-electron chi connectivity index (χ3n) is 2.03. The number of aryl methyl sites for hydroxylation is 1. The molecule has 6 heteroatoms. The van der Waals surface area contributed by atoms with Crippen LogP contribution in [0.5, 0.6) is 0 Å². The second-order valence-electron chi connectivity index (χ2n) is 3.51. The summed E-state index contributed by atoms with van der Waals surface area (Å²) in [5, 5.41) is 8.12. The highest BCUT2D eigenvalue weighted by atomic mass is 32.2. The van der Waals surface area contributed by atoms with Crippen LogP contribution < -0.4 is 0 Å². The summed E-state index contributed by atoms with van der Waals surface area (Å²) < 4.78 is 6.89. The maximum Gasteiger partial charge on any atom is 0.319 e. The van der Waals surface area contributed by atoms with Gasteiger partial charge in [-0.1, -0.05) is 25.1 Å². The second kappa shape index (κ2) is 6.52. The van der Waals surface area contributed by atoms with Crippen molar-refractivity contribution in [3.05, 3.63) is 6.33 Å². The highest BCUT2D eigenvalue weighted by molar-refractivity contribution is 8.00. The first-order chi connectivity index (χ1) is 7.65. The van der Waals surface area contributed by atoms with E-state index < -0.39 is 0 Å². The van der Waals surface area contributed by atoms with Gasteiger partial charge in [0.25, 0.3) is 0 Å². The SMILES string of the molecule is CCCCOC(=O)C(C)Sc1nncn1C. The Hall–Kier alpha value is -1.04. The minimum absolute atomic E-state index is 0.193. The highest BCUT2D eigenvalue weighted by Crippen LogP contribution is 2.20. The Morgan fingerprint density at radius 3 is 3.00 bits per heavy atom. The number of ether oxygens (including phenoxy) is 1. The summed E-state index contributed by atoms with van der Waals surface area (Å²) in [6, 6.07) is 0. The van der Waals surface area contributed by atoms with Gasteiger partial charge in [-0.2, -0.15) is 0 Å². The van der Waals surface area contributed by atoms with Gasteiger partial charge in [-0.15, -0.1) is 10.2 Å². The van der Waals surface area contributed by atoms with Gasteiger partial charge in [0.1, 0.15) is 11.6 Å². The minimum atomic E-state index is -0.250. The van der Waals surface area contributed by atoms with E-state index in [1.807, 2.05) is 14.0 Å². The van der Waals surface area contributed by atoms with E-state index in [1.165, 1.54) is 11.8 Å². The normalized spacial score (nSPS) is 12.4. The molecule has 0 bridgehead atoms. The molecule has 0 N–H and O–H groups in total. The van der Waals surface area contributed by atoms with Gasteiger partial charge >= 0.3 is 5.97 Å². The molecule has 1 aromatic heterocycles. The number of nitrogens with zero attached hydrogens (tertiary/aromatic N) is 3. The topological polar surface area (TPSA) is 57.0 Å². The molecule has 1 aromatic rings. The first kappa shape index (κ1) is 13.0. The lowest BCUT2D eigenvalue weighted by Gasteiger charge is -2.09. The molecular weight excluding hydrogens is 226 g/mol. The van der Waals surface area contributed by atoms with Crippen LogP contribution in [0.4, 0.5) is 0 Å². The molecule has 0 aliphatic rings. The number of aromatic nitrogens is 3. The van der Waals surface area contributed by atoms with Gasteiger partial charge in [-0.05, 0) is 13.3 Å². The van der Waals surface area contributed by atoms with E-state index in [9.17, 15) is 4.79 Å². The van der Waals surface area contributed by atoms with Crippen molar-refractivity contribution in [2.24, 2.45) is 7.05 Å². The van der Waals surface area contributed by atoms with Crippen LogP contribution in [0.1, 0.15) is 26.7 Å². The number of carbonyl (C=O) groups is 1. The first-order valence-corrected chi connectivity index (χ1v) is 6.20. The largest absolute Gasteiger partial charge is 0.465 e. The van der Waals surface area contributed by atoms with E-state index in [2.05, 4.69) is 17.1 Å². The molecule has 16 heavy (non-hydrogen) atoms. The van der Waals surface area contributed by atoms with Gasteiger partial charge in [-0.3, -0.25) is 4.79 Å². The van der Waals surface area contributed by atoms with Gasteiger partial charge < -0.3 is 9.30 Å². The van der Waals surface area contributed by atoms with Crippen molar-refractivity contribution < 1.29 is 9.53 Å². The zero-order valence-corrected chi connectivity index (χ0v) is 10.7. The molecule has 0 saturated heterocycles. The summed E-state index contributed by atoms with van der Waals surface area (Å²) in [6.07, 6.45) is 3.54. The van der Waals surface area contributed by atoms with Crippen LogP contribution in [0.25, 0.3) is 0 Å². The molecule has 1 unspecified atom stereocenters. The molecule has 1 heterocycles. The monoisotopic (exact) mass is 243 g/mol. The van der Waals surface area contributed by atoms with Crippen molar-refractivity contribution in [1.29, 1.82) is 0 Å². The standard InChI is InChI=1S/C10H17N3O2S/c1-4-5-6-15-9(14)8(2)16-10-12-11-7-13(10)3/h7-8H,4-6H2,1-3H3. The maximum absolute atomic E-state index is 11.6. The molecule has 0 spiro atoms. The van der Waals surface area contributed by atoms with Crippen molar-refractivity contribution in [2.75, 3.05) is 6.61 Å². The lowest BCUT2D eigenvalue weighted by molar-refractivity contribution is -0.142. The molecule has 0 radical (unpaired) electrons.